The maximum absolute atomic E-state index is 14.1. The molecule has 36 heavy (non-hydrogen) atoms. The number of rotatable bonds is 2. The van der Waals surface area contributed by atoms with Gasteiger partial charge in [-0.25, -0.2) is 0 Å². The van der Waals surface area contributed by atoms with Crippen LogP contribution in [0, 0.1) is 0 Å². The van der Waals surface area contributed by atoms with Crippen LogP contribution in [0.15, 0.2) is 78.4 Å². The topological polar surface area (TPSA) is 110 Å². The molecule has 174 valence electrons. The van der Waals surface area contributed by atoms with Crippen molar-refractivity contribution in [1.29, 1.82) is 0 Å². The van der Waals surface area contributed by atoms with Gasteiger partial charge in [0.25, 0.3) is 0 Å². The summed E-state index contributed by atoms with van der Waals surface area (Å²) in [6, 6.07) is 21.2. The zero-order valence-electron chi connectivity index (χ0n) is 18.9. The molecule has 0 saturated heterocycles. The Hall–Kier alpha value is -4.98. The minimum Gasteiger partial charge on any atom is -0.497 e. The van der Waals surface area contributed by atoms with E-state index in [1.807, 2.05) is 30.3 Å². The second-order valence-corrected chi connectivity index (χ2v) is 8.77. The molecule has 0 radical (unpaired) electrons. The number of nitrogens with zero attached hydrogens (tertiary/aromatic N) is 1. The number of ketones is 2. The van der Waals surface area contributed by atoms with Crippen LogP contribution in [0.5, 0.6) is 11.6 Å². The van der Waals surface area contributed by atoms with Gasteiger partial charge < -0.3 is 14.8 Å². The van der Waals surface area contributed by atoms with Crippen LogP contribution in [0.4, 0.5) is 5.69 Å². The number of anilines is 1. The first-order valence-corrected chi connectivity index (χ1v) is 11.3. The Bertz CT molecular complexity index is 1680. The third-order valence-corrected chi connectivity index (χ3v) is 7.04. The van der Waals surface area contributed by atoms with Crippen LogP contribution in [0.1, 0.15) is 27.0 Å². The van der Waals surface area contributed by atoms with Crippen molar-refractivity contribution in [2.75, 3.05) is 12.4 Å². The second kappa shape index (κ2) is 7.02. The Morgan fingerprint density at radius 3 is 2.42 bits per heavy atom. The fraction of sp³-hybridized carbons (Fsp3) is 0.0714. The number of aromatic amines is 1. The molecule has 8 nitrogen and oxygen atoms in total. The Balaban J connectivity index is 1.65. The molecule has 1 unspecified atom stereocenters. The fourth-order valence-corrected chi connectivity index (χ4v) is 5.49. The van der Waals surface area contributed by atoms with Crippen LogP contribution in [0.3, 0.4) is 0 Å². The lowest BCUT2D eigenvalue weighted by Gasteiger charge is -2.37. The maximum Gasteiger partial charge on any atom is 0.244 e. The van der Waals surface area contributed by atoms with Gasteiger partial charge in [-0.15, -0.1) is 5.10 Å². The number of Topliss-reactive ketones (excluding diaryl/α,β-unsaturated/α-hetero) is 2. The molecule has 1 aliphatic carbocycles. The van der Waals surface area contributed by atoms with Gasteiger partial charge in [-0.1, -0.05) is 54.6 Å². The van der Waals surface area contributed by atoms with Crippen molar-refractivity contribution in [3.63, 3.8) is 0 Å². The highest BCUT2D eigenvalue weighted by atomic mass is 16.5. The molecule has 1 atom stereocenters. The molecule has 0 bridgehead atoms. The van der Waals surface area contributed by atoms with Gasteiger partial charge in [0.2, 0.25) is 23.4 Å². The van der Waals surface area contributed by atoms with Crippen molar-refractivity contribution in [3.05, 3.63) is 101 Å². The Kier molecular flexibility index (Phi) is 3.98. The summed E-state index contributed by atoms with van der Waals surface area (Å²) < 4.78 is 11.7. The number of ether oxygens (including phenoxy) is 2. The Morgan fingerprint density at radius 1 is 0.889 bits per heavy atom. The lowest BCUT2D eigenvalue weighted by molar-refractivity contribution is -0.121. The largest absolute Gasteiger partial charge is 0.497 e. The Labute approximate surface area is 204 Å². The number of hydrogen-bond donors (Lipinski definition) is 2. The minimum absolute atomic E-state index is 0.0261. The van der Waals surface area contributed by atoms with E-state index in [0.717, 1.165) is 5.56 Å². The molecule has 8 heteroatoms. The number of H-pyrrole nitrogens is 1. The quantitative estimate of drug-likeness (QED) is 0.426. The molecular weight excluding hydrogens is 458 g/mol. The van der Waals surface area contributed by atoms with E-state index >= 15 is 0 Å². The molecule has 3 aliphatic rings. The number of carbonyl (C=O) groups is 3. The van der Waals surface area contributed by atoms with Gasteiger partial charge in [0.05, 0.1) is 23.9 Å². The first kappa shape index (κ1) is 20.4. The summed E-state index contributed by atoms with van der Waals surface area (Å²) in [7, 11) is 1.53. The van der Waals surface area contributed by atoms with Gasteiger partial charge in [0.15, 0.2) is 0 Å². The van der Waals surface area contributed by atoms with Gasteiger partial charge in [-0.2, -0.15) is 0 Å². The zero-order valence-corrected chi connectivity index (χ0v) is 18.9. The first-order valence-electron chi connectivity index (χ1n) is 11.3. The van der Waals surface area contributed by atoms with Crippen molar-refractivity contribution in [3.8, 4) is 22.9 Å². The van der Waals surface area contributed by atoms with Crippen molar-refractivity contribution in [1.82, 2.24) is 10.2 Å². The number of hydrogen-bond acceptors (Lipinski definition) is 6. The molecule has 3 heterocycles. The standard InChI is InChI=1S/C28H17N3O5/c1-35-15-11-12-19-18(13-15)28(27(34)29-19)20-22(14-7-3-2-4-8-14)30-31-26(20)36-25-17-10-6-5-9-16(17)23(32)24(33)21(25)28/h2-13H,1H3,(H,29,34)(H,30,31). The van der Waals surface area contributed by atoms with Crippen LogP contribution >= 0.6 is 0 Å². The molecule has 2 aliphatic heterocycles. The molecule has 7 rings (SSSR count). The van der Waals surface area contributed by atoms with Gasteiger partial charge in [0.1, 0.15) is 16.9 Å². The highest BCUT2D eigenvalue weighted by Crippen LogP contribution is 2.59. The molecular formula is C28H17N3O5. The molecule has 1 aromatic heterocycles. The van der Waals surface area contributed by atoms with E-state index in [4.69, 9.17) is 9.47 Å². The molecule has 1 amide bonds. The lowest BCUT2D eigenvalue weighted by atomic mass is 9.64. The van der Waals surface area contributed by atoms with E-state index in [-0.39, 0.29) is 22.8 Å². The number of aromatic nitrogens is 2. The van der Waals surface area contributed by atoms with E-state index in [1.54, 1.807) is 42.5 Å². The molecule has 2 N–H and O–H groups in total. The SMILES string of the molecule is COc1ccc2c(c1)C1(C(=O)N2)C2=C(Oc3n[nH]c(-c4ccccc4)c31)c1ccccc1C(=O)C2=O. The lowest BCUT2D eigenvalue weighted by Crippen LogP contribution is -2.47. The van der Waals surface area contributed by atoms with Gasteiger partial charge in [0, 0.05) is 27.9 Å². The summed E-state index contributed by atoms with van der Waals surface area (Å²) >= 11 is 0. The second-order valence-electron chi connectivity index (χ2n) is 8.77. The predicted molar refractivity (Wildman–Crippen MR) is 130 cm³/mol. The van der Waals surface area contributed by atoms with Crippen LogP contribution in [0.2, 0.25) is 0 Å². The van der Waals surface area contributed by atoms with Crippen LogP contribution in [-0.4, -0.2) is 34.8 Å². The molecule has 0 saturated carbocycles. The van der Waals surface area contributed by atoms with E-state index in [9.17, 15) is 14.4 Å². The summed E-state index contributed by atoms with van der Waals surface area (Å²) in [5.74, 6) is -1.14. The smallest absolute Gasteiger partial charge is 0.244 e. The van der Waals surface area contributed by atoms with E-state index < -0.39 is 22.9 Å². The number of benzene rings is 3. The van der Waals surface area contributed by atoms with E-state index in [0.29, 0.717) is 33.8 Å². The minimum atomic E-state index is -1.69. The van der Waals surface area contributed by atoms with Crippen molar-refractivity contribution in [2.24, 2.45) is 0 Å². The van der Waals surface area contributed by atoms with E-state index in [1.165, 1.54) is 7.11 Å². The summed E-state index contributed by atoms with van der Waals surface area (Å²) in [6.07, 6.45) is 0. The van der Waals surface area contributed by atoms with Crippen molar-refractivity contribution >= 4 is 28.9 Å². The highest BCUT2D eigenvalue weighted by molar-refractivity contribution is 6.54. The third-order valence-electron chi connectivity index (χ3n) is 7.04. The van der Waals surface area contributed by atoms with Crippen LogP contribution in [-0.2, 0) is 15.0 Å². The molecule has 3 aromatic carbocycles. The number of fused-ring (bicyclic) bond motifs is 7. The number of methoxy groups -OCH3 is 1. The molecule has 0 fully saturated rings. The number of carbonyl (C=O) groups excluding carboxylic acids is 3. The summed E-state index contributed by atoms with van der Waals surface area (Å²) in [6.45, 7) is 0. The maximum atomic E-state index is 14.1. The Morgan fingerprint density at radius 2 is 1.64 bits per heavy atom. The average molecular weight is 475 g/mol. The fourth-order valence-electron chi connectivity index (χ4n) is 5.49. The molecule has 1 spiro atoms. The first-order chi connectivity index (χ1) is 17.6. The van der Waals surface area contributed by atoms with Crippen molar-refractivity contribution < 1.29 is 23.9 Å². The summed E-state index contributed by atoms with van der Waals surface area (Å²) in [5.41, 5.74) is 1.59. The summed E-state index contributed by atoms with van der Waals surface area (Å²) in [4.78, 5) is 41.3. The van der Waals surface area contributed by atoms with Gasteiger partial charge >= 0.3 is 0 Å². The van der Waals surface area contributed by atoms with E-state index in [2.05, 4.69) is 15.5 Å². The van der Waals surface area contributed by atoms with Crippen molar-refractivity contribution in [2.45, 2.75) is 5.41 Å². The van der Waals surface area contributed by atoms with Gasteiger partial charge in [-0.3, -0.25) is 19.5 Å². The molecule has 4 aromatic rings. The monoisotopic (exact) mass is 475 g/mol. The third kappa shape index (κ3) is 2.37. The predicted octanol–water partition coefficient (Wildman–Crippen LogP) is 3.89. The summed E-state index contributed by atoms with van der Waals surface area (Å²) in [5, 5.41) is 10.4. The number of nitrogens with one attached hydrogen (secondary N) is 2. The van der Waals surface area contributed by atoms with Crippen LogP contribution < -0.4 is 14.8 Å². The zero-order chi connectivity index (χ0) is 24.6. The number of amides is 1. The average Bonchev–Trinajstić information content (AvgIpc) is 3.47. The normalized spacial score (nSPS) is 19.3. The van der Waals surface area contributed by atoms with Crippen LogP contribution in [0.25, 0.3) is 17.0 Å². The highest BCUT2D eigenvalue weighted by Gasteiger charge is 2.62. The van der Waals surface area contributed by atoms with Gasteiger partial charge in [-0.05, 0) is 18.2 Å².